The maximum absolute atomic E-state index is 11.8. The van der Waals surface area contributed by atoms with Crippen LogP contribution in [0, 0.1) is 0 Å². The van der Waals surface area contributed by atoms with Gasteiger partial charge >= 0.3 is 0 Å². The van der Waals surface area contributed by atoms with Gasteiger partial charge in [-0.05, 0) is 25.1 Å². The van der Waals surface area contributed by atoms with Crippen LogP contribution in [0.2, 0.25) is 0 Å². The van der Waals surface area contributed by atoms with Gasteiger partial charge in [-0.1, -0.05) is 12.1 Å². The van der Waals surface area contributed by atoms with E-state index in [0.717, 1.165) is 0 Å². The highest BCUT2D eigenvalue weighted by Crippen LogP contribution is 2.32. The summed E-state index contributed by atoms with van der Waals surface area (Å²) in [5.41, 5.74) is 7.76. The average molecular weight is 363 g/mol. The van der Waals surface area contributed by atoms with Gasteiger partial charge in [0.25, 0.3) is 0 Å². The summed E-state index contributed by atoms with van der Waals surface area (Å²) in [5, 5.41) is 18.1. The molecule has 3 N–H and O–H groups in total. The number of phenolic OH excluding ortho intramolecular Hbond substituents is 1. The second-order valence-electron chi connectivity index (χ2n) is 6.19. The molecule has 134 valence electrons. The van der Waals surface area contributed by atoms with Gasteiger partial charge in [-0.2, -0.15) is 4.31 Å². The summed E-state index contributed by atoms with van der Waals surface area (Å²) in [7, 11) is -3.23. The first kappa shape index (κ1) is 17.4. The molecule has 1 fully saturated rings. The van der Waals surface area contributed by atoms with Crippen LogP contribution in [0.5, 0.6) is 5.75 Å². The molecular formula is C16H21N5O3S. The number of hydrogen-bond donors (Lipinski definition) is 2. The third-order valence-electron chi connectivity index (χ3n) is 4.31. The normalized spacial score (nSPS) is 19.1. The predicted molar refractivity (Wildman–Crippen MR) is 96.8 cm³/mol. The summed E-state index contributed by atoms with van der Waals surface area (Å²) in [6.07, 6.45) is 1.22. The SMILES string of the molecule is CC1CN(c2cc(-c3ccccc3O)nnc2N)CCN1S(C)(=O)=O. The van der Waals surface area contributed by atoms with E-state index in [1.165, 1.54) is 10.6 Å². The minimum atomic E-state index is -3.23. The Kier molecular flexibility index (Phi) is 4.53. The zero-order valence-corrected chi connectivity index (χ0v) is 14.9. The number of phenols is 1. The molecule has 0 radical (unpaired) electrons. The van der Waals surface area contributed by atoms with E-state index in [1.54, 1.807) is 30.3 Å². The quantitative estimate of drug-likeness (QED) is 0.833. The van der Waals surface area contributed by atoms with Crippen LogP contribution in [-0.2, 0) is 10.0 Å². The highest BCUT2D eigenvalue weighted by Gasteiger charge is 2.31. The number of aromatic nitrogens is 2. The molecule has 2 heterocycles. The summed E-state index contributed by atoms with van der Waals surface area (Å²) in [6, 6.07) is 8.48. The topological polar surface area (TPSA) is 113 Å². The third kappa shape index (κ3) is 3.52. The van der Waals surface area contributed by atoms with Gasteiger partial charge in [0.15, 0.2) is 5.82 Å². The van der Waals surface area contributed by atoms with Crippen molar-refractivity contribution >= 4 is 21.5 Å². The Hall–Kier alpha value is -2.39. The molecule has 25 heavy (non-hydrogen) atoms. The Morgan fingerprint density at radius 2 is 1.96 bits per heavy atom. The molecular weight excluding hydrogens is 342 g/mol. The van der Waals surface area contributed by atoms with Gasteiger partial charge in [0, 0.05) is 31.2 Å². The van der Waals surface area contributed by atoms with E-state index in [2.05, 4.69) is 10.2 Å². The summed E-state index contributed by atoms with van der Waals surface area (Å²) < 4.78 is 25.1. The first-order valence-corrected chi connectivity index (χ1v) is 9.75. The van der Waals surface area contributed by atoms with Crippen LogP contribution in [0.15, 0.2) is 30.3 Å². The minimum absolute atomic E-state index is 0.114. The molecule has 1 aromatic carbocycles. The second kappa shape index (κ2) is 6.49. The lowest BCUT2D eigenvalue weighted by atomic mass is 10.1. The van der Waals surface area contributed by atoms with E-state index < -0.39 is 10.0 Å². The molecule has 0 saturated carbocycles. The van der Waals surface area contributed by atoms with Gasteiger partial charge in [-0.25, -0.2) is 8.42 Å². The molecule has 1 atom stereocenters. The molecule has 0 amide bonds. The molecule has 3 rings (SSSR count). The van der Waals surface area contributed by atoms with E-state index in [9.17, 15) is 13.5 Å². The maximum atomic E-state index is 11.8. The monoisotopic (exact) mass is 363 g/mol. The second-order valence-corrected chi connectivity index (χ2v) is 8.12. The molecule has 0 bridgehead atoms. The highest BCUT2D eigenvalue weighted by atomic mass is 32.2. The average Bonchev–Trinajstić information content (AvgIpc) is 2.55. The maximum Gasteiger partial charge on any atom is 0.211 e. The molecule has 1 aromatic heterocycles. The van der Waals surface area contributed by atoms with Crippen molar-refractivity contribution in [2.75, 3.05) is 36.5 Å². The molecule has 0 aliphatic carbocycles. The van der Waals surface area contributed by atoms with E-state index in [0.29, 0.717) is 36.6 Å². The van der Waals surface area contributed by atoms with Gasteiger partial charge < -0.3 is 15.7 Å². The Morgan fingerprint density at radius 3 is 2.60 bits per heavy atom. The van der Waals surface area contributed by atoms with Crippen LogP contribution in [-0.4, -0.2) is 60.0 Å². The molecule has 0 spiro atoms. The fourth-order valence-corrected chi connectivity index (χ4v) is 4.25. The number of aromatic hydroxyl groups is 1. The van der Waals surface area contributed by atoms with Gasteiger partial charge in [0.2, 0.25) is 10.0 Å². The number of nitrogens with zero attached hydrogens (tertiary/aromatic N) is 4. The zero-order chi connectivity index (χ0) is 18.2. The molecule has 2 aromatic rings. The van der Waals surface area contributed by atoms with Gasteiger partial charge in [0.1, 0.15) is 5.75 Å². The van der Waals surface area contributed by atoms with Crippen LogP contribution in [0.1, 0.15) is 6.92 Å². The number of hydrogen-bond acceptors (Lipinski definition) is 7. The number of sulfonamides is 1. The van der Waals surface area contributed by atoms with Crippen molar-refractivity contribution in [1.29, 1.82) is 0 Å². The molecule has 1 saturated heterocycles. The smallest absolute Gasteiger partial charge is 0.211 e. The molecule has 1 aliphatic rings. The van der Waals surface area contributed by atoms with Crippen molar-refractivity contribution in [3.05, 3.63) is 30.3 Å². The van der Waals surface area contributed by atoms with Crippen molar-refractivity contribution in [2.45, 2.75) is 13.0 Å². The van der Waals surface area contributed by atoms with Gasteiger partial charge in [-0.15, -0.1) is 10.2 Å². The van der Waals surface area contributed by atoms with Gasteiger partial charge in [-0.3, -0.25) is 0 Å². The lowest BCUT2D eigenvalue weighted by Crippen LogP contribution is -2.53. The standard InChI is InChI=1S/C16H21N5O3S/c1-11-10-20(7-8-21(11)25(2,23)24)14-9-13(18-19-16(14)17)12-5-3-4-6-15(12)22/h3-6,9,11,22H,7-8,10H2,1-2H3,(H2,17,19). The number of rotatable bonds is 3. The molecule has 1 aliphatic heterocycles. The largest absolute Gasteiger partial charge is 0.507 e. The van der Waals surface area contributed by atoms with Crippen LogP contribution in [0.25, 0.3) is 11.3 Å². The van der Waals surface area contributed by atoms with Gasteiger partial charge in [0.05, 0.1) is 17.6 Å². The predicted octanol–water partition coefficient (Wildman–Crippen LogP) is 0.902. The zero-order valence-electron chi connectivity index (χ0n) is 14.1. The van der Waals surface area contributed by atoms with Crippen molar-refractivity contribution in [3.8, 4) is 17.0 Å². The highest BCUT2D eigenvalue weighted by molar-refractivity contribution is 7.88. The lowest BCUT2D eigenvalue weighted by Gasteiger charge is -2.39. The first-order chi connectivity index (χ1) is 11.8. The van der Waals surface area contributed by atoms with Crippen LogP contribution in [0.3, 0.4) is 0 Å². The van der Waals surface area contributed by atoms with Crippen LogP contribution in [0.4, 0.5) is 11.5 Å². The Bertz CT molecular complexity index is 887. The number of piperazine rings is 1. The number of nitrogens with two attached hydrogens (primary N) is 1. The Morgan fingerprint density at radius 1 is 1.24 bits per heavy atom. The van der Waals surface area contributed by atoms with E-state index in [1.807, 2.05) is 11.8 Å². The number of nitrogen functional groups attached to an aromatic ring is 1. The van der Waals surface area contributed by atoms with E-state index >= 15 is 0 Å². The van der Waals surface area contributed by atoms with Crippen LogP contribution < -0.4 is 10.6 Å². The Balaban J connectivity index is 1.91. The minimum Gasteiger partial charge on any atom is -0.507 e. The van der Waals surface area contributed by atoms with Crippen molar-refractivity contribution in [1.82, 2.24) is 14.5 Å². The Labute approximate surface area is 146 Å². The van der Waals surface area contributed by atoms with E-state index in [-0.39, 0.29) is 17.6 Å². The summed E-state index contributed by atoms with van der Waals surface area (Å²) >= 11 is 0. The van der Waals surface area contributed by atoms with E-state index in [4.69, 9.17) is 5.73 Å². The number of benzene rings is 1. The molecule has 8 nitrogen and oxygen atoms in total. The lowest BCUT2D eigenvalue weighted by molar-refractivity contribution is 0.309. The van der Waals surface area contributed by atoms with Crippen molar-refractivity contribution in [3.63, 3.8) is 0 Å². The number of para-hydroxylation sites is 1. The third-order valence-corrected chi connectivity index (χ3v) is 5.71. The molecule has 9 heteroatoms. The van der Waals surface area contributed by atoms with Crippen molar-refractivity contribution < 1.29 is 13.5 Å². The van der Waals surface area contributed by atoms with Crippen molar-refractivity contribution in [2.24, 2.45) is 0 Å². The summed E-state index contributed by atoms with van der Waals surface area (Å²) in [4.78, 5) is 2.00. The van der Waals surface area contributed by atoms with Crippen LogP contribution >= 0.6 is 0 Å². The fraction of sp³-hybridized carbons (Fsp3) is 0.375. The number of anilines is 2. The molecule has 1 unspecified atom stereocenters. The first-order valence-electron chi connectivity index (χ1n) is 7.90. The fourth-order valence-electron chi connectivity index (χ4n) is 3.12. The summed E-state index contributed by atoms with van der Waals surface area (Å²) in [5.74, 6) is 0.391. The summed E-state index contributed by atoms with van der Waals surface area (Å²) in [6.45, 7) is 3.26.